The molecule has 1 aliphatic rings. The lowest BCUT2D eigenvalue weighted by Crippen LogP contribution is -2.25. The Kier molecular flexibility index (Phi) is 3.50. The van der Waals surface area contributed by atoms with Gasteiger partial charge in [-0.1, -0.05) is 41.9 Å². The number of hydrogen-bond donors (Lipinski definition) is 1. The zero-order chi connectivity index (χ0) is 15.8. The fourth-order valence-electron chi connectivity index (χ4n) is 2.63. The summed E-state index contributed by atoms with van der Waals surface area (Å²) in [6.45, 7) is 0. The van der Waals surface area contributed by atoms with E-state index in [1.54, 1.807) is 12.1 Å². The van der Waals surface area contributed by atoms with Gasteiger partial charge in [0.05, 0.1) is 16.8 Å². The minimum absolute atomic E-state index is 0.0562. The van der Waals surface area contributed by atoms with Gasteiger partial charge in [-0.2, -0.15) is 0 Å². The number of carbonyl (C=O) groups is 1. The fraction of sp³-hybridized carbons (Fsp3) is 0.158. The van der Waals surface area contributed by atoms with Gasteiger partial charge in [-0.15, -0.1) is 0 Å². The molecule has 0 bridgehead atoms. The normalized spacial score (nSPS) is 14.0. The Morgan fingerprint density at radius 3 is 2.61 bits per heavy atom. The van der Waals surface area contributed by atoms with E-state index < -0.39 is 0 Å². The monoisotopic (exact) mass is 322 g/mol. The fourth-order valence-corrected chi connectivity index (χ4v) is 2.81. The average Bonchev–Trinajstić information content (AvgIpc) is 3.38. The summed E-state index contributed by atoms with van der Waals surface area (Å²) in [4.78, 5) is 17.3. The van der Waals surface area contributed by atoms with Gasteiger partial charge in [-0.25, -0.2) is 4.98 Å². The van der Waals surface area contributed by atoms with Gasteiger partial charge < -0.3 is 5.32 Å². The third-order valence-corrected chi connectivity index (χ3v) is 4.23. The molecule has 0 saturated heterocycles. The molecular formula is C19H15ClN2O. The number of nitrogens with one attached hydrogen (secondary N) is 1. The van der Waals surface area contributed by atoms with Crippen molar-refractivity contribution in [3.63, 3.8) is 0 Å². The van der Waals surface area contributed by atoms with E-state index in [4.69, 9.17) is 11.6 Å². The van der Waals surface area contributed by atoms with Gasteiger partial charge in [0.2, 0.25) is 0 Å². The van der Waals surface area contributed by atoms with E-state index >= 15 is 0 Å². The second-order valence-corrected chi connectivity index (χ2v) is 6.27. The Balaban J connectivity index is 1.89. The van der Waals surface area contributed by atoms with Crippen molar-refractivity contribution in [2.75, 3.05) is 0 Å². The summed E-state index contributed by atoms with van der Waals surface area (Å²) >= 11 is 6.11. The Morgan fingerprint density at radius 2 is 1.87 bits per heavy atom. The molecule has 1 aliphatic carbocycles. The number of aromatic nitrogens is 1. The standard InChI is InChI=1S/C19H15ClN2O/c20-13-6-9-17-15(10-13)16(19(23)21-14-7-8-14)11-18(22-17)12-4-2-1-3-5-12/h1-6,9-11,14H,7-8H2,(H,21,23). The number of rotatable bonds is 3. The molecule has 3 aromatic rings. The molecule has 23 heavy (non-hydrogen) atoms. The van der Waals surface area contributed by atoms with E-state index in [9.17, 15) is 4.79 Å². The molecule has 1 N–H and O–H groups in total. The maximum Gasteiger partial charge on any atom is 0.252 e. The van der Waals surface area contributed by atoms with E-state index in [1.165, 1.54) is 0 Å². The van der Waals surface area contributed by atoms with Crippen LogP contribution in [0, 0.1) is 0 Å². The molecule has 0 atom stereocenters. The van der Waals surface area contributed by atoms with Crippen molar-refractivity contribution < 1.29 is 4.79 Å². The highest BCUT2D eigenvalue weighted by molar-refractivity contribution is 6.31. The zero-order valence-electron chi connectivity index (χ0n) is 12.4. The Hall–Kier alpha value is -2.39. The molecule has 1 fully saturated rings. The highest BCUT2D eigenvalue weighted by atomic mass is 35.5. The quantitative estimate of drug-likeness (QED) is 0.774. The van der Waals surface area contributed by atoms with Crippen LogP contribution in [0.4, 0.5) is 0 Å². The Morgan fingerprint density at radius 1 is 1.09 bits per heavy atom. The SMILES string of the molecule is O=C(NC1CC1)c1cc(-c2ccccc2)nc2ccc(Cl)cc12. The summed E-state index contributed by atoms with van der Waals surface area (Å²) in [5, 5.41) is 4.44. The van der Waals surface area contributed by atoms with Crippen molar-refractivity contribution in [2.24, 2.45) is 0 Å². The van der Waals surface area contributed by atoms with Crippen molar-refractivity contribution in [3.8, 4) is 11.3 Å². The summed E-state index contributed by atoms with van der Waals surface area (Å²) < 4.78 is 0. The topological polar surface area (TPSA) is 42.0 Å². The average molecular weight is 323 g/mol. The first-order chi connectivity index (χ1) is 11.2. The number of amides is 1. The van der Waals surface area contributed by atoms with Crippen LogP contribution >= 0.6 is 11.6 Å². The number of hydrogen-bond acceptors (Lipinski definition) is 2. The van der Waals surface area contributed by atoms with E-state index in [1.807, 2.05) is 42.5 Å². The summed E-state index contributed by atoms with van der Waals surface area (Å²) in [6.07, 6.45) is 2.11. The number of pyridine rings is 1. The summed E-state index contributed by atoms with van der Waals surface area (Å²) in [5.41, 5.74) is 3.19. The van der Waals surface area contributed by atoms with Gasteiger partial charge in [0, 0.05) is 22.0 Å². The first kappa shape index (κ1) is 14.2. The molecular weight excluding hydrogens is 308 g/mol. The summed E-state index contributed by atoms with van der Waals surface area (Å²) in [6, 6.07) is 17.5. The number of carbonyl (C=O) groups excluding carboxylic acids is 1. The van der Waals surface area contributed by atoms with Crippen molar-refractivity contribution in [1.29, 1.82) is 0 Å². The molecule has 1 saturated carbocycles. The Labute approximate surface area is 139 Å². The van der Waals surface area contributed by atoms with Crippen LogP contribution in [0.25, 0.3) is 22.2 Å². The van der Waals surface area contributed by atoms with Crippen molar-refractivity contribution in [2.45, 2.75) is 18.9 Å². The minimum Gasteiger partial charge on any atom is -0.349 e. The molecule has 114 valence electrons. The van der Waals surface area contributed by atoms with E-state index in [-0.39, 0.29) is 5.91 Å². The summed E-state index contributed by atoms with van der Waals surface area (Å²) in [7, 11) is 0. The van der Waals surface area contributed by atoms with Crippen LogP contribution in [-0.2, 0) is 0 Å². The van der Waals surface area contributed by atoms with Crippen LogP contribution in [0.15, 0.2) is 54.6 Å². The van der Waals surface area contributed by atoms with E-state index in [0.717, 1.165) is 35.0 Å². The van der Waals surface area contributed by atoms with Crippen LogP contribution in [0.5, 0.6) is 0 Å². The van der Waals surface area contributed by atoms with Gasteiger partial charge in [-0.05, 0) is 37.1 Å². The minimum atomic E-state index is -0.0562. The van der Waals surface area contributed by atoms with Crippen LogP contribution in [0.3, 0.4) is 0 Å². The predicted molar refractivity (Wildman–Crippen MR) is 92.7 cm³/mol. The lowest BCUT2D eigenvalue weighted by Gasteiger charge is -2.10. The van der Waals surface area contributed by atoms with Gasteiger partial charge >= 0.3 is 0 Å². The molecule has 4 rings (SSSR count). The van der Waals surface area contributed by atoms with E-state index in [2.05, 4.69) is 10.3 Å². The molecule has 0 unspecified atom stereocenters. The molecule has 0 spiro atoms. The lowest BCUT2D eigenvalue weighted by molar-refractivity contribution is 0.0952. The van der Waals surface area contributed by atoms with Crippen LogP contribution in [0.2, 0.25) is 5.02 Å². The first-order valence-corrected chi connectivity index (χ1v) is 8.05. The second kappa shape index (κ2) is 5.67. The predicted octanol–water partition coefficient (Wildman–Crippen LogP) is 4.45. The molecule has 3 nitrogen and oxygen atoms in total. The Bertz CT molecular complexity index is 889. The van der Waals surface area contributed by atoms with Crippen molar-refractivity contribution in [1.82, 2.24) is 10.3 Å². The number of benzene rings is 2. The molecule has 1 amide bonds. The lowest BCUT2D eigenvalue weighted by atomic mass is 10.0. The zero-order valence-corrected chi connectivity index (χ0v) is 13.2. The maximum absolute atomic E-state index is 12.6. The largest absolute Gasteiger partial charge is 0.349 e. The van der Waals surface area contributed by atoms with Crippen molar-refractivity contribution >= 4 is 28.4 Å². The molecule has 1 heterocycles. The molecule has 0 radical (unpaired) electrons. The highest BCUT2D eigenvalue weighted by Crippen LogP contribution is 2.28. The smallest absolute Gasteiger partial charge is 0.252 e. The number of halogens is 1. The van der Waals surface area contributed by atoms with Crippen LogP contribution < -0.4 is 5.32 Å². The number of fused-ring (bicyclic) bond motifs is 1. The second-order valence-electron chi connectivity index (χ2n) is 5.83. The van der Waals surface area contributed by atoms with E-state index in [0.29, 0.717) is 16.6 Å². The van der Waals surface area contributed by atoms with Gasteiger partial charge in [-0.3, -0.25) is 4.79 Å². The van der Waals surface area contributed by atoms with Gasteiger partial charge in [0.15, 0.2) is 0 Å². The maximum atomic E-state index is 12.6. The molecule has 4 heteroatoms. The van der Waals surface area contributed by atoms with Crippen LogP contribution in [-0.4, -0.2) is 16.9 Å². The molecule has 0 aliphatic heterocycles. The highest BCUT2D eigenvalue weighted by Gasteiger charge is 2.25. The van der Waals surface area contributed by atoms with Crippen molar-refractivity contribution in [3.05, 3.63) is 65.2 Å². The third-order valence-electron chi connectivity index (χ3n) is 4.00. The molecule has 1 aromatic heterocycles. The third kappa shape index (κ3) is 2.92. The number of nitrogens with zero attached hydrogens (tertiary/aromatic N) is 1. The summed E-state index contributed by atoms with van der Waals surface area (Å²) in [5.74, 6) is -0.0562. The van der Waals surface area contributed by atoms with Gasteiger partial charge in [0.25, 0.3) is 5.91 Å². The van der Waals surface area contributed by atoms with Crippen LogP contribution in [0.1, 0.15) is 23.2 Å². The van der Waals surface area contributed by atoms with Gasteiger partial charge in [0.1, 0.15) is 0 Å². The molecule has 2 aromatic carbocycles. The first-order valence-electron chi connectivity index (χ1n) is 7.67.